The maximum atomic E-state index is 13.6. The highest BCUT2D eigenvalue weighted by Crippen LogP contribution is 2.35. The van der Waals surface area contributed by atoms with Gasteiger partial charge in [0.2, 0.25) is 0 Å². The van der Waals surface area contributed by atoms with Crippen molar-refractivity contribution >= 4 is 5.91 Å². The molecule has 1 aliphatic heterocycles. The highest BCUT2D eigenvalue weighted by molar-refractivity contribution is 5.93. The quantitative estimate of drug-likeness (QED) is 0.636. The van der Waals surface area contributed by atoms with Crippen LogP contribution in [0.2, 0.25) is 0 Å². The molecule has 29 heavy (non-hydrogen) atoms. The topological polar surface area (TPSA) is 64.8 Å². The second kappa shape index (κ2) is 7.95. The first-order chi connectivity index (χ1) is 14.1. The Morgan fingerprint density at radius 1 is 1.14 bits per heavy atom. The molecule has 6 nitrogen and oxygen atoms in total. The normalized spacial score (nSPS) is 16.1. The fraction of sp³-hybridized carbons (Fsp3) is 0.273. The zero-order valence-electron chi connectivity index (χ0n) is 16.2. The number of methoxy groups -OCH3 is 2. The number of benzene rings is 2. The van der Waals surface area contributed by atoms with Gasteiger partial charge in [-0.3, -0.25) is 4.79 Å². The van der Waals surface area contributed by atoms with Gasteiger partial charge in [0.05, 0.1) is 20.3 Å². The number of nitrogens with zero attached hydrogens (tertiary/aromatic N) is 2. The number of rotatable bonds is 5. The Bertz CT molecular complexity index is 1030. The molecular formula is C22H21FN2O4. The third kappa shape index (κ3) is 3.68. The molecule has 3 aromatic rings. The predicted molar refractivity (Wildman–Crippen MR) is 104 cm³/mol. The van der Waals surface area contributed by atoms with E-state index in [4.69, 9.17) is 14.0 Å². The van der Waals surface area contributed by atoms with E-state index >= 15 is 0 Å². The number of likely N-dealkylation sites (tertiary alicyclic amines) is 1. The number of hydrogen-bond donors (Lipinski definition) is 0. The molecule has 0 unspecified atom stereocenters. The van der Waals surface area contributed by atoms with E-state index in [2.05, 4.69) is 5.16 Å². The minimum atomic E-state index is -0.307. The molecule has 0 bridgehead atoms. The van der Waals surface area contributed by atoms with Crippen LogP contribution in [0.1, 0.15) is 34.9 Å². The van der Waals surface area contributed by atoms with Gasteiger partial charge in [-0.15, -0.1) is 0 Å². The number of aromatic nitrogens is 1. The van der Waals surface area contributed by atoms with Crippen LogP contribution in [0.5, 0.6) is 11.5 Å². The second-order valence-electron chi connectivity index (χ2n) is 6.86. The average Bonchev–Trinajstić information content (AvgIpc) is 3.42. The van der Waals surface area contributed by atoms with Crippen LogP contribution in [0.3, 0.4) is 0 Å². The number of hydrogen-bond acceptors (Lipinski definition) is 5. The monoisotopic (exact) mass is 396 g/mol. The molecule has 150 valence electrons. The van der Waals surface area contributed by atoms with Crippen molar-refractivity contribution in [2.45, 2.75) is 18.9 Å². The first-order valence-corrected chi connectivity index (χ1v) is 9.36. The van der Waals surface area contributed by atoms with Gasteiger partial charge in [0.15, 0.2) is 23.0 Å². The summed E-state index contributed by atoms with van der Waals surface area (Å²) >= 11 is 0. The molecule has 1 atom stereocenters. The Morgan fingerprint density at radius 2 is 1.97 bits per heavy atom. The lowest BCUT2D eigenvalue weighted by Crippen LogP contribution is -2.30. The van der Waals surface area contributed by atoms with Crippen LogP contribution in [0.25, 0.3) is 11.3 Å². The van der Waals surface area contributed by atoms with E-state index in [1.807, 2.05) is 12.1 Å². The Kier molecular flexibility index (Phi) is 5.20. The Balaban J connectivity index is 1.58. The Hall–Kier alpha value is -3.35. The molecule has 1 saturated heterocycles. The maximum Gasteiger partial charge on any atom is 0.276 e. The van der Waals surface area contributed by atoms with Gasteiger partial charge in [-0.05, 0) is 48.7 Å². The van der Waals surface area contributed by atoms with Crippen LogP contribution in [0.15, 0.2) is 53.1 Å². The Morgan fingerprint density at radius 3 is 2.72 bits per heavy atom. The van der Waals surface area contributed by atoms with E-state index < -0.39 is 0 Å². The standard InChI is InChI=1S/C22H21FN2O4/c1-27-19-9-8-15(12-21(19)28-2)20-13-17(24-29-20)22(26)25-10-4-7-18(25)14-5-3-6-16(23)11-14/h3,5-6,8-9,11-13,18H,4,7,10H2,1-2H3/t18-/m1/s1. The minimum absolute atomic E-state index is 0.167. The van der Waals surface area contributed by atoms with Gasteiger partial charge in [0.1, 0.15) is 5.82 Å². The molecule has 0 N–H and O–H groups in total. The van der Waals surface area contributed by atoms with E-state index in [1.165, 1.54) is 12.1 Å². The van der Waals surface area contributed by atoms with Gasteiger partial charge >= 0.3 is 0 Å². The molecule has 2 heterocycles. The molecule has 1 fully saturated rings. The number of halogens is 1. The van der Waals surface area contributed by atoms with Crippen molar-refractivity contribution in [2.24, 2.45) is 0 Å². The number of carbonyl (C=O) groups is 1. The summed E-state index contributed by atoms with van der Waals surface area (Å²) in [7, 11) is 3.12. The van der Waals surface area contributed by atoms with Crippen LogP contribution in [0, 0.1) is 5.82 Å². The number of amides is 1. The first-order valence-electron chi connectivity index (χ1n) is 9.36. The molecular weight excluding hydrogens is 375 g/mol. The van der Waals surface area contributed by atoms with E-state index in [-0.39, 0.29) is 23.5 Å². The molecule has 0 radical (unpaired) electrons. The van der Waals surface area contributed by atoms with Crippen molar-refractivity contribution in [3.63, 3.8) is 0 Å². The van der Waals surface area contributed by atoms with Crippen LogP contribution >= 0.6 is 0 Å². The summed E-state index contributed by atoms with van der Waals surface area (Å²) in [5.41, 5.74) is 1.73. The highest BCUT2D eigenvalue weighted by atomic mass is 19.1. The van der Waals surface area contributed by atoms with E-state index in [9.17, 15) is 9.18 Å². The maximum absolute atomic E-state index is 13.6. The first kappa shape index (κ1) is 19.0. The lowest BCUT2D eigenvalue weighted by atomic mass is 10.0. The zero-order chi connectivity index (χ0) is 20.4. The van der Waals surface area contributed by atoms with Crippen molar-refractivity contribution < 1.29 is 23.2 Å². The lowest BCUT2D eigenvalue weighted by Gasteiger charge is -2.24. The summed E-state index contributed by atoms with van der Waals surface area (Å²) in [6, 6.07) is 13.2. The smallest absolute Gasteiger partial charge is 0.276 e. The van der Waals surface area contributed by atoms with Crippen molar-refractivity contribution in [1.82, 2.24) is 10.1 Å². The summed E-state index contributed by atoms with van der Waals surface area (Å²) in [5, 5.41) is 3.97. The molecule has 7 heteroatoms. The average molecular weight is 396 g/mol. The van der Waals surface area contributed by atoms with Crippen molar-refractivity contribution in [3.8, 4) is 22.8 Å². The fourth-order valence-electron chi connectivity index (χ4n) is 3.72. The summed E-state index contributed by atoms with van der Waals surface area (Å²) in [4.78, 5) is 14.8. The predicted octanol–water partition coefficient (Wildman–Crippen LogP) is 4.48. The van der Waals surface area contributed by atoms with E-state index in [1.54, 1.807) is 43.4 Å². The molecule has 1 aromatic heterocycles. The summed E-state index contributed by atoms with van der Waals surface area (Å²) < 4.78 is 29.6. The van der Waals surface area contributed by atoms with Gasteiger partial charge < -0.3 is 18.9 Å². The Labute approximate surface area is 167 Å². The van der Waals surface area contributed by atoms with Crippen molar-refractivity contribution in [2.75, 3.05) is 20.8 Å². The largest absolute Gasteiger partial charge is 0.493 e. The lowest BCUT2D eigenvalue weighted by molar-refractivity contribution is 0.0725. The van der Waals surface area contributed by atoms with Crippen molar-refractivity contribution in [1.29, 1.82) is 0 Å². The third-order valence-electron chi connectivity index (χ3n) is 5.14. The van der Waals surface area contributed by atoms with E-state index in [0.29, 0.717) is 23.8 Å². The zero-order valence-corrected chi connectivity index (χ0v) is 16.2. The third-order valence-corrected chi connectivity index (χ3v) is 5.14. The van der Waals surface area contributed by atoms with Gasteiger partial charge in [0.25, 0.3) is 5.91 Å². The van der Waals surface area contributed by atoms with Crippen LogP contribution in [-0.2, 0) is 0 Å². The summed E-state index contributed by atoms with van der Waals surface area (Å²) in [6.07, 6.45) is 1.64. The molecule has 0 saturated carbocycles. The van der Waals surface area contributed by atoms with Crippen LogP contribution in [0.4, 0.5) is 4.39 Å². The molecule has 0 aliphatic carbocycles. The highest BCUT2D eigenvalue weighted by Gasteiger charge is 2.32. The van der Waals surface area contributed by atoms with Gasteiger partial charge in [-0.1, -0.05) is 17.3 Å². The molecule has 1 amide bonds. The summed E-state index contributed by atoms with van der Waals surface area (Å²) in [5.74, 6) is 1.07. The van der Waals surface area contributed by atoms with Gasteiger partial charge in [-0.25, -0.2) is 4.39 Å². The number of ether oxygens (including phenoxy) is 2. The fourth-order valence-corrected chi connectivity index (χ4v) is 3.72. The molecule has 2 aromatic carbocycles. The van der Waals surface area contributed by atoms with Crippen molar-refractivity contribution in [3.05, 3.63) is 65.6 Å². The minimum Gasteiger partial charge on any atom is -0.493 e. The molecule has 0 spiro atoms. The van der Waals surface area contributed by atoms with Gasteiger partial charge in [0, 0.05) is 18.2 Å². The number of carbonyl (C=O) groups excluding carboxylic acids is 1. The van der Waals surface area contributed by atoms with Gasteiger partial charge in [-0.2, -0.15) is 0 Å². The summed E-state index contributed by atoms with van der Waals surface area (Å²) in [6.45, 7) is 0.596. The van der Waals surface area contributed by atoms with E-state index in [0.717, 1.165) is 24.0 Å². The second-order valence-corrected chi connectivity index (χ2v) is 6.86. The molecule has 1 aliphatic rings. The van der Waals surface area contributed by atoms with Crippen LogP contribution < -0.4 is 9.47 Å². The SMILES string of the molecule is COc1ccc(-c2cc(C(=O)N3CCC[C@@H]3c3cccc(F)c3)no2)cc1OC. The molecule has 4 rings (SSSR count). The van der Waals surface area contributed by atoms with Crippen LogP contribution in [-0.4, -0.2) is 36.7 Å².